The van der Waals surface area contributed by atoms with Gasteiger partial charge in [0.2, 0.25) is 5.91 Å². The second kappa shape index (κ2) is 7.48. The summed E-state index contributed by atoms with van der Waals surface area (Å²) in [6, 6.07) is 1.35. The molecule has 1 fully saturated rings. The lowest BCUT2D eigenvalue weighted by Crippen LogP contribution is -2.49. The van der Waals surface area contributed by atoms with E-state index >= 15 is 0 Å². The first kappa shape index (κ1) is 17.3. The van der Waals surface area contributed by atoms with Crippen LogP contribution in [0.2, 0.25) is 0 Å². The summed E-state index contributed by atoms with van der Waals surface area (Å²) >= 11 is 0. The van der Waals surface area contributed by atoms with Crippen molar-refractivity contribution in [2.45, 2.75) is 52.6 Å². The summed E-state index contributed by atoms with van der Waals surface area (Å²) in [7, 11) is 0. The second-order valence-corrected chi connectivity index (χ2v) is 6.05. The predicted octanol–water partition coefficient (Wildman–Crippen LogP) is 2.33. The van der Waals surface area contributed by atoms with Gasteiger partial charge in [-0.1, -0.05) is 0 Å². The fourth-order valence-corrected chi connectivity index (χ4v) is 3.02. The normalized spacial score (nSPS) is 17.6. The van der Waals surface area contributed by atoms with E-state index in [0.717, 1.165) is 12.8 Å². The van der Waals surface area contributed by atoms with Gasteiger partial charge in [-0.3, -0.25) is 10.1 Å². The van der Waals surface area contributed by atoms with Crippen molar-refractivity contribution in [2.75, 3.05) is 25.0 Å². The molecule has 2 rings (SSSR count). The first-order valence-corrected chi connectivity index (χ1v) is 8.39. The zero-order valence-electron chi connectivity index (χ0n) is 14.5. The standard InChI is InChI=1S/C16H27N5O2/c1-5-19(6-2)15(22)13-8-7-11-20(13)16(23)18-14-9-10-17-21(14)12(3)4/h9-10,12-13H,5-8,11H2,1-4H3,(H,18,23). The molecule has 1 aliphatic heterocycles. The van der Waals surface area contributed by atoms with Gasteiger partial charge in [-0.15, -0.1) is 0 Å². The van der Waals surface area contributed by atoms with Gasteiger partial charge in [0.1, 0.15) is 11.9 Å². The zero-order valence-corrected chi connectivity index (χ0v) is 14.5. The summed E-state index contributed by atoms with van der Waals surface area (Å²) in [5, 5.41) is 7.10. The lowest BCUT2D eigenvalue weighted by atomic mass is 10.2. The lowest BCUT2D eigenvalue weighted by molar-refractivity contribution is -0.134. The molecule has 0 radical (unpaired) electrons. The molecule has 7 heteroatoms. The van der Waals surface area contributed by atoms with Crippen LogP contribution in [0, 0.1) is 0 Å². The van der Waals surface area contributed by atoms with Crippen molar-refractivity contribution in [1.82, 2.24) is 19.6 Å². The van der Waals surface area contributed by atoms with Gasteiger partial charge < -0.3 is 9.80 Å². The van der Waals surface area contributed by atoms with Gasteiger partial charge in [-0.2, -0.15) is 5.10 Å². The van der Waals surface area contributed by atoms with Crippen LogP contribution in [0.1, 0.15) is 46.6 Å². The molecule has 1 aromatic heterocycles. The third-order valence-electron chi connectivity index (χ3n) is 4.27. The Labute approximate surface area is 137 Å². The van der Waals surface area contributed by atoms with E-state index in [-0.39, 0.29) is 24.0 Å². The van der Waals surface area contributed by atoms with E-state index in [1.807, 2.05) is 27.7 Å². The van der Waals surface area contributed by atoms with E-state index < -0.39 is 0 Å². The maximum atomic E-state index is 12.6. The quantitative estimate of drug-likeness (QED) is 0.905. The molecule has 1 aromatic rings. The van der Waals surface area contributed by atoms with Crippen LogP contribution in [0.15, 0.2) is 12.3 Å². The molecule has 0 bridgehead atoms. The van der Waals surface area contributed by atoms with Crippen molar-refractivity contribution in [1.29, 1.82) is 0 Å². The molecule has 1 saturated heterocycles. The van der Waals surface area contributed by atoms with E-state index in [4.69, 9.17) is 0 Å². The fraction of sp³-hybridized carbons (Fsp3) is 0.688. The number of rotatable bonds is 5. The number of nitrogens with zero attached hydrogens (tertiary/aromatic N) is 4. The number of nitrogens with one attached hydrogen (secondary N) is 1. The molecular formula is C16H27N5O2. The van der Waals surface area contributed by atoms with Gasteiger partial charge in [-0.05, 0) is 40.5 Å². The van der Waals surface area contributed by atoms with Gasteiger partial charge in [0, 0.05) is 31.7 Å². The maximum absolute atomic E-state index is 12.6. The van der Waals surface area contributed by atoms with Gasteiger partial charge in [0.15, 0.2) is 0 Å². The van der Waals surface area contributed by atoms with Crippen molar-refractivity contribution in [3.05, 3.63) is 12.3 Å². The van der Waals surface area contributed by atoms with E-state index in [0.29, 0.717) is 25.5 Å². The second-order valence-electron chi connectivity index (χ2n) is 6.05. The number of likely N-dealkylation sites (tertiary alicyclic amines) is 1. The average Bonchev–Trinajstić information content (AvgIpc) is 3.16. The minimum absolute atomic E-state index is 0.0417. The Morgan fingerprint density at radius 3 is 2.70 bits per heavy atom. The van der Waals surface area contributed by atoms with Crippen molar-refractivity contribution >= 4 is 17.8 Å². The molecule has 0 spiro atoms. The third kappa shape index (κ3) is 3.65. The minimum Gasteiger partial charge on any atom is -0.341 e. The Morgan fingerprint density at radius 1 is 1.39 bits per heavy atom. The molecule has 128 valence electrons. The molecule has 3 amide bonds. The van der Waals surface area contributed by atoms with Crippen LogP contribution in [0.4, 0.5) is 10.6 Å². The van der Waals surface area contributed by atoms with Crippen LogP contribution in [0.3, 0.4) is 0 Å². The highest BCUT2D eigenvalue weighted by Gasteiger charge is 2.36. The number of likely N-dealkylation sites (N-methyl/N-ethyl adjacent to an activating group) is 1. The van der Waals surface area contributed by atoms with Gasteiger partial charge in [-0.25, -0.2) is 9.48 Å². The van der Waals surface area contributed by atoms with Crippen molar-refractivity contribution in [3.8, 4) is 0 Å². The number of anilines is 1. The van der Waals surface area contributed by atoms with Crippen molar-refractivity contribution < 1.29 is 9.59 Å². The number of aromatic nitrogens is 2. The topological polar surface area (TPSA) is 70.5 Å². The molecule has 1 atom stereocenters. The molecule has 0 saturated carbocycles. The lowest BCUT2D eigenvalue weighted by Gasteiger charge is -2.29. The average molecular weight is 321 g/mol. The van der Waals surface area contributed by atoms with Crippen LogP contribution in [-0.2, 0) is 4.79 Å². The third-order valence-corrected chi connectivity index (χ3v) is 4.27. The van der Waals surface area contributed by atoms with Gasteiger partial charge in [0.05, 0.1) is 6.20 Å². The molecule has 1 N–H and O–H groups in total. The van der Waals surface area contributed by atoms with E-state index in [9.17, 15) is 9.59 Å². The number of urea groups is 1. The molecule has 23 heavy (non-hydrogen) atoms. The first-order chi connectivity index (χ1) is 11.0. The van der Waals surface area contributed by atoms with E-state index in [1.165, 1.54) is 0 Å². The Morgan fingerprint density at radius 2 is 2.09 bits per heavy atom. The summed E-state index contributed by atoms with van der Waals surface area (Å²) in [6.45, 7) is 9.88. The maximum Gasteiger partial charge on any atom is 0.323 e. The van der Waals surface area contributed by atoms with Crippen LogP contribution >= 0.6 is 0 Å². The molecule has 7 nitrogen and oxygen atoms in total. The molecule has 2 heterocycles. The van der Waals surface area contributed by atoms with Gasteiger partial charge in [0.25, 0.3) is 0 Å². The summed E-state index contributed by atoms with van der Waals surface area (Å²) in [4.78, 5) is 28.6. The SMILES string of the molecule is CCN(CC)C(=O)C1CCCN1C(=O)Nc1ccnn1C(C)C. The van der Waals surface area contributed by atoms with E-state index in [1.54, 1.807) is 26.7 Å². The molecular weight excluding hydrogens is 294 g/mol. The predicted molar refractivity (Wildman–Crippen MR) is 89.3 cm³/mol. The molecule has 1 unspecified atom stereocenters. The summed E-state index contributed by atoms with van der Waals surface area (Å²) < 4.78 is 1.76. The van der Waals surface area contributed by atoms with Crippen molar-refractivity contribution in [3.63, 3.8) is 0 Å². The minimum atomic E-state index is -0.356. The number of hydrogen-bond donors (Lipinski definition) is 1. The zero-order chi connectivity index (χ0) is 17.0. The van der Waals surface area contributed by atoms with Crippen LogP contribution in [0.25, 0.3) is 0 Å². The van der Waals surface area contributed by atoms with Crippen LogP contribution < -0.4 is 5.32 Å². The van der Waals surface area contributed by atoms with Gasteiger partial charge >= 0.3 is 6.03 Å². The summed E-state index contributed by atoms with van der Waals surface area (Å²) in [5.74, 6) is 0.700. The molecule has 0 aromatic carbocycles. The number of amides is 3. The fourth-order valence-electron chi connectivity index (χ4n) is 3.02. The van der Waals surface area contributed by atoms with E-state index in [2.05, 4.69) is 10.4 Å². The van der Waals surface area contributed by atoms with Crippen LogP contribution in [-0.4, -0.2) is 57.2 Å². The Hall–Kier alpha value is -2.05. The van der Waals surface area contributed by atoms with Crippen molar-refractivity contribution in [2.24, 2.45) is 0 Å². The Kier molecular flexibility index (Phi) is 5.63. The highest BCUT2D eigenvalue weighted by atomic mass is 16.2. The Balaban J connectivity index is 2.09. The Bertz CT molecular complexity index is 550. The summed E-state index contributed by atoms with van der Waals surface area (Å²) in [6.07, 6.45) is 3.25. The summed E-state index contributed by atoms with van der Waals surface area (Å²) in [5.41, 5.74) is 0. The van der Waals surface area contributed by atoms with Crippen LogP contribution in [0.5, 0.6) is 0 Å². The number of carbonyl (C=O) groups is 2. The monoisotopic (exact) mass is 321 g/mol. The largest absolute Gasteiger partial charge is 0.341 e. The first-order valence-electron chi connectivity index (χ1n) is 8.39. The smallest absolute Gasteiger partial charge is 0.323 e. The molecule has 0 aliphatic carbocycles. The number of carbonyl (C=O) groups excluding carboxylic acids is 2. The molecule has 1 aliphatic rings. The highest BCUT2D eigenvalue weighted by molar-refractivity contribution is 5.93. The highest BCUT2D eigenvalue weighted by Crippen LogP contribution is 2.21. The number of hydrogen-bond acceptors (Lipinski definition) is 3.